The fraction of sp³-hybridized carbons (Fsp3) is 0.538. The highest BCUT2D eigenvalue weighted by Gasteiger charge is 2.33. The topological polar surface area (TPSA) is 49.4 Å². The molecule has 1 fully saturated rings. The maximum Gasteiger partial charge on any atom is 0.244 e. The average molecular weight is 374 g/mol. The second kappa shape index (κ2) is 7.99. The molecule has 0 aliphatic carbocycles. The predicted molar refractivity (Wildman–Crippen MR) is 89.2 cm³/mol. The van der Waals surface area contributed by atoms with E-state index in [2.05, 4.69) is 5.32 Å². The minimum atomic E-state index is -3.59. The van der Waals surface area contributed by atoms with Gasteiger partial charge in [-0.15, -0.1) is 12.4 Å². The first kappa shape index (κ1) is 19.0. The molecule has 4 nitrogen and oxygen atoms in total. The van der Waals surface area contributed by atoms with Gasteiger partial charge in [0.15, 0.2) is 0 Å². The van der Waals surface area contributed by atoms with E-state index in [1.165, 1.54) is 12.1 Å². The first-order chi connectivity index (χ1) is 9.46. The largest absolute Gasteiger partial charge is 0.315 e. The Kier molecular flexibility index (Phi) is 7.24. The quantitative estimate of drug-likeness (QED) is 0.862. The zero-order valence-electron chi connectivity index (χ0n) is 11.7. The van der Waals surface area contributed by atoms with Crippen LogP contribution in [-0.2, 0) is 10.0 Å². The van der Waals surface area contributed by atoms with Crippen LogP contribution in [0.1, 0.15) is 19.8 Å². The first-order valence-electron chi connectivity index (χ1n) is 6.64. The van der Waals surface area contributed by atoms with Crippen molar-refractivity contribution in [3.05, 3.63) is 28.2 Å². The van der Waals surface area contributed by atoms with Crippen LogP contribution in [-0.4, -0.2) is 38.4 Å². The molecule has 0 spiro atoms. The summed E-state index contributed by atoms with van der Waals surface area (Å²) in [6.45, 7) is 3.99. The van der Waals surface area contributed by atoms with Crippen molar-refractivity contribution in [2.75, 3.05) is 19.6 Å². The number of hydrogen-bond donors (Lipinski definition) is 1. The number of nitrogens with one attached hydrogen (secondary N) is 1. The monoisotopic (exact) mass is 372 g/mol. The summed E-state index contributed by atoms with van der Waals surface area (Å²) in [5, 5.41) is 3.80. The molecule has 0 aromatic heterocycles. The van der Waals surface area contributed by atoms with Crippen LogP contribution in [0.25, 0.3) is 0 Å². The molecular formula is C13H19Cl3N2O2S. The van der Waals surface area contributed by atoms with Gasteiger partial charge in [-0.3, -0.25) is 0 Å². The summed E-state index contributed by atoms with van der Waals surface area (Å²) in [4.78, 5) is 0.129. The molecule has 0 saturated carbocycles. The average Bonchev–Trinajstić information content (AvgIpc) is 2.88. The molecule has 1 N–H and O–H groups in total. The maximum atomic E-state index is 12.8. The molecule has 1 atom stereocenters. The van der Waals surface area contributed by atoms with Crippen molar-refractivity contribution in [1.82, 2.24) is 9.62 Å². The normalized spacial score (nSPS) is 18.8. The first-order valence-corrected chi connectivity index (χ1v) is 8.84. The van der Waals surface area contributed by atoms with Gasteiger partial charge in [-0.05, 0) is 37.6 Å². The molecular weight excluding hydrogens is 355 g/mol. The lowest BCUT2D eigenvalue weighted by atomic mass is 10.2. The van der Waals surface area contributed by atoms with Crippen LogP contribution < -0.4 is 5.32 Å². The van der Waals surface area contributed by atoms with Crippen molar-refractivity contribution in [2.45, 2.75) is 30.7 Å². The Labute approximate surface area is 142 Å². The molecule has 1 aliphatic heterocycles. The molecule has 1 heterocycles. The third-order valence-electron chi connectivity index (χ3n) is 3.37. The Balaban J connectivity index is 0.00000220. The van der Waals surface area contributed by atoms with Gasteiger partial charge in [0.2, 0.25) is 10.0 Å². The molecule has 1 aliphatic rings. The fourth-order valence-electron chi connectivity index (χ4n) is 2.42. The molecule has 1 saturated heterocycles. The number of rotatable bonds is 5. The molecule has 1 aromatic rings. The fourth-order valence-corrected chi connectivity index (χ4v) is 4.91. The van der Waals surface area contributed by atoms with Crippen LogP contribution in [0.4, 0.5) is 0 Å². The molecule has 0 radical (unpaired) electrons. The Bertz CT molecular complexity index is 575. The summed E-state index contributed by atoms with van der Waals surface area (Å²) in [7, 11) is -3.59. The van der Waals surface area contributed by atoms with Crippen molar-refractivity contribution < 1.29 is 8.42 Å². The lowest BCUT2D eigenvalue weighted by Gasteiger charge is -2.27. The van der Waals surface area contributed by atoms with Gasteiger partial charge in [-0.25, -0.2) is 8.42 Å². The summed E-state index contributed by atoms with van der Waals surface area (Å²) >= 11 is 11.9. The van der Waals surface area contributed by atoms with Gasteiger partial charge in [0, 0.05) is 24.2 Å². The van der Waals surface area contributed by atoms with E-state index in [0.29, 0.717) is 18.1 Å². The standard InChI is InChI=1S/C13H18Cl2N2O2S.ClH/c1-2-7-17(11-5-6-16-9-11)20(18,19)13-4-3-10(14)8-12(13)15;/h3-4,8,11,16H,2,5-7,9H2,1H3;1H. The van der Waals surface area contributed by atoms with E-state index in [4.69, 9.17) is 23.2 Å². The van der Waals surface area contributed by atoms with E-state index in [0.717, 1.165) is 19.4 Å². The number of halogens is 3. The smallest absolute Gasteiger partial charge is 0.244 e. The van der Waals surface area contributed by atoms with Gasteiger partial charge < -0.3 is 5.32 Å². The van der Waals surface area contributed by atoms with E-state index in [1.807, 2.05) is 6.92 Å². The summed E-state index contributed by atoms with van der Waals surface area (Å²) < 4.78 is 27.2. The zero-order valence-corrected chi connectivity index (χ0v) is 14.8. The van der Waals surface area contributed by atoms with Crippen LogP contribution in [0.15, 0.2) is 23.1 Å². The van der Waals surface area contributed by atoms with Crippen molar-refractivity contribution in [3.8, 4) is 0 Å². The van der Waals surface area contributed by atoms with Crippen LogP contribution in [0.5, 0.6) is 0 Å². The molecule has 120 valence electrons. The highest BCUT2D eigenvalue weighted by atomic mass is 35.5. The minimum Gasteiger partial charge on any atom is -0.315 e. The molecule has 21 heavy (non-hydrogen) atoms. The van der Waals surface area contributed by atoms with E-state index in [9.17, 15) is 8.42 Å². The van der Waals surface area contributed by atoms with Gasteiger partial charge in [0.1, 0.15) is 4.90 Å². The molecule has 1 aromatic carbocycles. The Morgan fingerprint density at radius 2 is 2.10 bits per heavy atom. The van der Waals surface area contributed by atoms with Gasteiger partial charge in [-0.1, -0.05) is 30.1 Å². The summed E-state index contributed by atoms with van der Waals surface area (Å²) in [5.41, 5.74) is 0. The SMILES string of the molecule is CCCN(C1CCNC1)S(=O)(=O)c1ccc(Cl)cc1Cl.Cl. The van der Waals surface area contributed by atoms with Crippen LogP contribution >= 0.6 is 35.6 Å². The van der Waals surface area contributed by atoms with Crippen molar-refractivity contribution in [1.29, 1.82) is 0 Å². The third-order valence-corrected chi connectivity index (χ3v) is 6.04. The summed E-state index contributed by atoms with van der Waals surface area (Å²) in [5.74, 6) is 0. The zero-order chi connectivity index (χ0) is 14.8. The Hall–Kier alpha value is -0.0400. The molecule has 2 rings (SSSR count). The van der Waals surface area contributed by atoms with E-state index in [-0.39, 0.29) is 28.4 Å². The van der Waals surface area contributed by atoms with Crippen LogP contribution in [0, 0.1) is 0 Å². The third kappa shape index (κ3) is 4.24. The van der Waals surface area contributed by atoms with E-state index < -0.39 is 10.0 Å². The summed E-state index contributed by atoms with van der Waals surface area (Å²) in [6.07, 6.45) is 1.59. The van der Waals surface area contributed by atoms with Crippen LogP contribution in [0.2, 0.25) is 10.0 Å². The molecule has 0 amide bonds. The molecule has 0 bridgehead atoms. The van der Waals surface area contributed by atoms with Crippen molar-refractivity contribution in [3.63, 3.8) is 0 Å². The molecule has 8 heteroatoms. The molecule has 1 unspecified atom stereocenters. The number of benzene rings is 1. The summed E-state index contributed by atoms with van der Waals surface area (Å²) in [6, 6.07) is 4.49. The van der Waals surface area contributed by atoms with Gasteiger partial charge >= 0.3 is 0 Å². The highest BCUT2D eigenvalue weighted by Crippen LogP contribution is 2.29. The lowest BCUT2D eigenvalue weighted by molar-refractivity contribution is 0.335. The van der Waals surface area contributed by atoms with Crippen molar-refractivity contribution in [2.24, 2.45) is 0 Å². The van der Waals surface area contributed by atoms with Gasteiger partial charge in [0.25, 0.3) is 0 Å². The Morgan fingerprint density at radius 3 is 2.62 bits per heavy atom. The Morgan fingerprint density at radius 1 is 1.38 bits per heavy atom. The maximum absolute atomic E-state index is 12.8. The predicted octanol–water partition coefficient (Wildman–Crippen LogP) is 3.18. The van der Waals surface area contributed by atoms with Crippen molar-refractivity contribution >= 4 is 45.6 Å². The second-order valence-electron chi connectivity index (χ2n) is 4.84. The van der Waals surface area contributed by atoms with Gasteiger partial charge in [0.05, 0.1) is 5.02 Å². The van der Waals surface area contributed by atoms with E-state index in [1.54, 1.807) is 10.4 Å². The highest BCUT2D eigenvalue weighted by molar-refractivity contribution is 7.89. The minimum absolute atomic E-state index is 0. The number of hydrogen-bond acceptors (Lipinski definition) is 3. The lowest BCUT2D eigenvalue weighted by Crippen LogP contribution is -2.42. The van der Waals surface area contributed by atoms with Crippen LogP contribution in [0.3, 0.4) is 0 Å². The van der Waals surface area contributed by atoms with E-state index >= 15 is 0 Å². The number of nitrogens with zero attached hydrogens (tertiary/aromatic N) is 1. The second-order valence-corrected chi connectivity index (χ2v) is 7.54. The van der Waals surface area contributed by atoms with Gasteiger partial charge in [-0.2, -0.15) is 4.31 Å². The number of sulfonamides is 1.